The maximum atomic E-state index is 12.5. The van der Waals surface area contributed by atoms with E-state index >= 15 is 0 Å². The van der Waals surface area contributed by atoms with Gasteiger partial charge in [-0.05, 0) is 12.0 Å². The van der Waals surface area contributed by atoms with Crippen molar-refractivity contribution in [3.63, 3.8) is 0 Å². The summed E-state index contributed by atoms with van der Waals surface area (Å²) in [6, 6.07) is 11.8. The van der Waals surface area contributed by atoms with Gasteiger partial charge < -0.3 is 20.3 Å². The third-order valence-electron chi connectivity index (χ3n) is 4.64. The van der Waals surface area contributed by atoms with E-state index in [2.05, 4.69) is 25.5 Å². The van der Waals surface area contributed by atoms with E-state index in [4.69, 9.17) is 4.74 Å². The monoisotopic (exact) mass is 369 g/mol. The first kappa shape index (κ1) is 19.1. The van der Waals surface area contributed by atoms with Gasteiger partial charge in [0.25, 0.3) is 0 Å². The Labute approximate surface area is 160 Å². The molecule has 1 unspecified atom stereocenters. The van der Waals surface area contributed by atoms with Gasteiger partial charge in [-0.15, -0.1) is 0 Å². The smallest absolute Gasteiger partial charge is 0.227 e. The van der Waals surface area contributed by atoms with Crippen molar-refractivity contribution >= 4 is 17.5 Å². The van der Waals surface area contributed by atoms with Crippen LogP contribution in [0.4, 0.5) is 11.6 Å². The van der Waals surface area contributed by atoms with Gasteiger partial charge in [0, 0.05) is 32.2 Å². The minimum atomic E-state index is -0.113. The predicted octanol–water partition coefficient (Wildman–Crippen LogP) is 2.04. The molecule has 0 saturated carbocycles. The summed E-state index contributed by atoms with van der Waals surface area (Å²) in [5, 5.41) is 6.26. The Hall–Kier alpha value is -2.67. The number of carbonyl (C=O) groups is 1. The molecule has 2 aromatic rings. The van der Waals surface area contributed by atoms with Crippen LogP contribution in [0.1, 0.15) is 24.8 Å². The van der Waals surface area contributed by atoms with Crippen LogP contribution in [-0.2, 0) is 9.53 Å². The van der Waals surface area contributed by atoms with E-state index in [0.29, 0.717) is 13.1 Å². The first-order chi connectivity index (χ1) is 13.3. The number of ether oxygens (including phenoxy) is 1. The van der Waals surface area contributed by atoms with Crippen molar-refractivity contribution in [2.24, 2.45) is 0 Å². The number of aromatic nitrogens is 2. The fourth-order valence-corrected chi connectivity index (χ4v) is 3.17. The second-order valence-corrected chi connectivity index (χ2v) is 6.45. The molecule has 1 aliphatic heterocycles. The Kier molecular flexibility index (Phi) is 6.98. The lowest BCUT2D eigenvalue weighted by Gasteiger charge is -2.27. The van der Waals surface area contributed by atoms with Gasteiger partial charge >= 0.3 is 0 Å². The zero-order valence-corrected chi connectivity index (χ0v) is 15.7. The molecule has 27 heavy (non-hydrogen) atoms. The number of rotatable bonds is 8. The van der Waals surface area contributed by atoms with E-state index in [9.17, 15) is 4.79 Å². The highest BCUT2D eigenvalue weighted by molar-refractivity contribution is 5.83. The molecule has 0 radical (unpaired) electrons. The average Bonchev–Trinajstić information content (AvgIpc) is 2.73. The Balaban J connectivity index is 1.46. The Morgan fingerprint density at radius 2 is 1.96 bits per heavy atom. The van der Waals surface area contributed by atoms with Gasteiger partial charge in [-0.3, -0.25) is 4.79 Å². The highest BCUT2D eigenvalue weighted by Gasteiger charge is 2.17. The summed E-state index contributed by atoms with van der Waals surface area (Å²) in [5.41, 5.74) is 1.05. The third-order valence-corrected chi connectivity index (χ3v) is 4.64. The van der Waals surface area contributed by atoms with Crippen LogP contribution in [0.25, 0.3) is 0 Å². The largest absolute Gasteiger partial charge is 0.378 e. The summed E-state index contributed by atoms with van der Waals surface area (Å²) >= 11 is 0. The van der Waals surface area contributed by atoms with Crippen molar-refractivity contribution in [3.8, 4) is 0 Å². The van der Waals surface area contributed by atoms with Crippen LogP contribution >= 0.6 is 0 Å². The molecule has 7 heteroatoms. The fraction of sp³-hybridized carbons (Fsp3) is 0.450. The molecule has 0 bridgehead atoms. The van der Waals surface area contributed by atoms with Gasteiger partial charge in [0.2, 0.25) is 5.91 Å². The van der Waals surface area contributed by atoms with Crippen LogP contribution in [0.2, 0.25) is 0 Å². The van der Waals surface area contributed by atoms with E-state index < -0.39 is 0 Å². The van der Waals surface area contributed by atoms with E-state index in [1.807, 2.05) is 43.3 Å². The maximum Gasteiger partial charge on any atom is 0.227 e. The minimum Gasteiger partial charge on any atom is -0.378 e. The molecule has 0 aliphatic carbocycles. The molecule has 2 heterocycles. The van der Waals surface area contributed by atoms with E-state index in [0.717, 1.165) is 49.9 Å². The lowest BCUT2D eigenvalue weighted by molar-refractivity contribution is -0.122. The number of hydrogen-bond acceptors (Lipinski definition) is 6. The Morgan fingerprint density at radius 3 is 2.70 bits per heavy atom. The van der Waals surface area contributed by atoms with Gasteiger partial charge in [0.15, 0.2) is 0 Å². The second kappa shape index (κ2) is 9.87. The van der Waals surface area contributed by atoms with Crippen LogP contribution in [-0.4, -0.2) is 55.3 Å². The molecule has 1 aliphatic rings. The molecule has 0 spiro atoms. The summed E-state index contributed by atoms with van der Waals surface area (Å²) in [5.74, 6) is 1.60. The molecule has 1 fully saturated rings. The molecule has 1 saturated heterocycles. The van der Waals surface area contributed by atoms with Gasteiger partial charge in [-0.1, -0.05) is 37.3 Å². The normalized spacial score (nSPS) is 15.2. The molecular weight excluding hydrogens is 342 g/mol. The number of anilines is 2. The lowest BCUT2D eigenvalue weighted by atomic mass is 9.96. The van der Waals surface area contributed by atoms with Crippen molar-refractivity contribution in [3.05, 3.63) is 48.3 Å². The highest BCUT2D eigenvalue weighted by Crippen LogP contribution is 2.19. The summed E-state index contributed by atoms with van der Waals surface area (Å²) in [6.07, 6.45) is 2.34. The molecule has 144 valence electrons. The van der Waals surface area contributed by atoms with E-state index in [1.54, 1.807) is 6.33 Å². The molecule has 2 N–H and O–H groups in total. The van der Waals surface area contributed by atoms with Crippen molar-refractivity contribution in [2.45, 2.75) is 19.3 Å². The zero-order valence-electron chi connectivity index (χ0n) is 15.7. The molecular formula is C20H27N5O2. The van der Waals surface area contributed by atoms with Gasteiger partial charge in [-0.2, -0.15) is 0 Å². The van der Waals surface area contributed by atoms with Gasteiger partial charge in [0.05, 0.1) is 19.1 Å². The SMILES string of the molecule is CCC(C(=O)NCCNc1cc(N2CCOCC2)ncn1)c1ccccc1. The molecule has 1 amide bonds. The molecule has 1 aromatic carbocycles. The topological polar surface area (TPSA) is 79.4 Å². The number of nitrogens with one attached hydrogen (secondary N) is 2. The number of hydrogen-bond donors (Lipinski definition) is 2. The second-order valence-electron chi connectivity index (χ2n) is 6.45. The lowest BCUT2D eigenvalue weighted by Crippen LogP contribution is -2.36. The molecule has 1 atom stereocenters. The minimum absolute atomic E-state index is 0.0576. The summed E-state index contributed by atoms with van der Waals surface area (Å²) in [7, 11) is 0. The predicted molar refractivity (Wildman–Crippen MR) is 106 cm³/mol. The van der Waals surface area contributed by atoms with Crippen molar-refractivity contribution in [2.75, 3.05) is 49.6 Å². The number of benzene rings is 1. The fourth-order valence-electron chi connectivity index (χ4n) is 3.17. The zero-order chi connectivity index (χ0) is 18.9. The van der Waals surface area contributed by atoms with Crippen LogP contribution in [0.3, 0.4) is 0 Å². The molecule has 1 aromatic heterocycles. The molecule has 3 rings (SSSR count). The quantitative estimate of drug-likeness (QED) is 0.693. The summed E-state index contributed by atoms with van der Waals surface area (Å²) < 4.78 is 5.37. The number of amides is 1. The maximum absolute atomic E-state index is 12.5. The summed E-state index contributed by atoms with van der Waals surface area (Å²) in [6.45, 7) is 6.30. The molecule has 7 nitrogen and oxygen atoms in total. The first-order valence-electron chi connectivity index (χ1n) is 9.49. The van der Waals surface area contributed by atoms with Gasteiger partial charge in [0.1, 0.15) is 18.0 Å². The Morgan fingerprint density at radius 1 is 1.19 bits per heavy atom. The van der Waals surface area contributed by atoms with Crippen LogP contribution in [0.15, 0.2) is 42.7 Å². The standard InChI is InChI=1S/C20H27N5O2/c1-2-17(16-6-4-3-5-7-16)20(26)22-9-8-21-18-14-19(24-15-23-18)25-10-12-27-13-11-25/h3-7,14-15,17H,2,8-13H2,1H3,(H,22,26)(H,21,23,24). The van der Waals surface area contributed by atoms with Crippen molar-refractivity contribution in [1.82, 2.24) is 15.3 Å². The number of carbonyl (C=O) groups excluding carboxylic acids is 1. The summed E-state index contributed by atoms with van der Waals surface area (Å²) in [4.78, 5) is 23.2. The van der Waals surface area contributed by atoms with Crippen LogP contribution in [0.5, 0.6) is 0 Å². The average molecular weight is 369 g/mol. The van der Waals surface area contributed by atoms with Gasteiger partial charge in [-0.25, -0.2) is 9.97 Å². The van der Waals surface area contributed by atoms with Crippen molar-refractivity contribution < 1.29 is 9.53 Å². The van der Waals surface area contributed by atoms with E-state index in [1.165, 1.54) is 0 Å². The number of nitrogens with zero attached hydrogens (tertiary/aromatic N) is 3. The van der Waals surface area contributed by atoms with Crippen molar-refractivity contribution in [1.29, 1.82) is 0 Å². The highest BCUT2D eigenvalue weighted by atomic mass is 16.5. The Bertz CT molecular complexity index is 719. The first-order valence-corrected chi connectivity index (χ1v) is 9.49. The van der Waals surface area contributed by atoms with Crippen LogP contribution in [0, 0.1) is 0 Å². The third kappa shape index (κ3) is 5.40. The van der Waals surface area contributed by atoms with Crippen LogP contribution < -0.4 is 15.5 Å². The van der Waals surface area contributed by atoms with E-state index in [-0.39, 0.29) is 11.8 Å². The number of morpholine rings is 1.